The lowest BCUT2D eigenvalue weighted by atomic mass is 10.2. The minimum absolute atomic E-state index is 0.123. The summed E-state index contributed by atoms with van der Waals surface area (Å²) >= 11 is 0. The van der Waals surface area contributed by atoms with Gasteiger partial charge in [-0.3, -0.25) is 4.79 Å². The number of anilines is 1. The minimum Gasteiger partial charge on any atom is -0.508 e. The van der Waals surface area contributed by atoms with Gasteiger partial charge in [0.15, 0.2) is 17.5 Å². The van der Waals surface area contributed by atoms with E-state index in [2.05, 4.69) is 20.3 Å². The number of aryl methyl sites for hydroxylation is 1. The lowest BCUT2D eigenvalue weighted by Crippen LogP contribution is -2.13. The third-order valence-corrected chi connectivity index (χ3v) is 4.30. The molecule has 0 aliphatic rings. The largest absolute Gasteiger partial charge is 0.508 e. The number of carbonyl (C=O) groups excluding carboxylic acids is 1. The first-order valence-electron chi connectivity index (χ1n) is 9.19. The Balaban J connectivity index is 1.34. The van der Waals surface area contributed by atoms with E-state index in [1.54, 1.807) is 42.5 Å². The van der Waals surface area contributed by atoms with E-state index in [0.717, 1.165) is 0 Å². The second kappa shape index (κ2) is 8.52. The highest BCUT2D eigenvalue weighted by Gasteiger charge is 2.12. The lowest BCUT2D eigenvalue weighted by molar-refractivity contribution is -0.116. The normalized spacial score (nSPS) is 10.7. The molecule has 0 aliphatic heterocycles. The van der Waals surface area contributed by atoms with Crippen LogP contribution >= 0.6 is 0 Å². The van der Waals surface area contributed by atoms with Crippen molar-refractivity contribution in [3.8, 4) is 28.5 Å². The first kappa shape index (κ1) is 19.3. The second-order valence-corrected chi connectivity index (χ2v) is 6.49. The van der Waals surface area contributed by atoms with Crippen LogP contribution in [0, 0.1) is 5.82 Å². The third kappa shape index (κ3) is 4.49. The van der Waals surface area contributed by atoms with Crippen LogP contribution < -0.4 is 5.32 Å². The Morgan fingerprint density at radius 3 is 2.60 bits per heavy atom. The fourth-order valence-electron chi connectivity index (χ4n) is 2.84. The molecule has 30 heavy (non-hydrogen) atoms. The smallest absolute Gasteiger partial charge is 0.224 e. The van der Waals surface area contributed by atoms with E-state index in [4.69, 9.17) is 4.42 Å². The van der Waals surface area contributed by atoms with Crippen molar-refractivity contribution in [1.82, 2.24) is 15.0 Å². The molecule has 2 aromatic carbocycles. The summed E-state index contributed by atoms with van der Waals surface area (Å²) in [7, 11) is 0. The summed E-state index contributed by atoms with van der Waals surface area (Å²) in [6, 6.07) is 12.8. The lowest BCUT2D eigenvalue weighted by Gasteiger charge is -2.05. The van der Waals surface area contributed by atoms with Gasteiger partial charge in [-0.1, -0.05) is 24.3 Å². The second-order valence-electron chi connectivity index (χ2n) is 6.49. The SMILES string of the molecule is O=C(CCc1ncc(-c2ccccc2F)o1)Nc1cnc(-c2cccc(O)c2)nc1. The highest BCUT2D eigenvalue weighted by Crippen LogP contribution is 2.24. The molecule has 0 unspecified atom stereocenters. The molecule has 7 nitrogen and oxygen atoms in total. The van der Waals surface area contributed by atoms with Crippen LogP contribution in [0.2, 0.25) is 0 Å². The van der Waals surface area contributed by atoms with Crippen LogP contribution in [-0.2, 0) is 11.2 Å². The molecular formula is C22H17FN4O3. The van der Waals surface area contributed by atoms with Gasteiger partial charge in [-0.2, -0.15) is 0 Å². The summed E-state index contributed by atoms with van der Waals surface area (Å²) < 4.78 is 19.4. The average Bonchev–Trinajstić information content (AvgIpc) is 3.22. The minimum atomic E-state index is -0.396. The van der Waals surface area contributed by atoms with Crippen molar-refractivity contribution in [1.29, 1.82) is 0 Å². The van der Waals surface area contributed by atoms with Gasteiger partial charge in [-0.15, -0.1) is 0 Å². The van der Waals surface area contributed by atoms with Gasteiger partial charge in [0.05, 0.1) is 29.8 Å². The Labute approximate surface area is 171 Å². The van der Waals surface area contributed by atoms with Gasteiger partial charge < -0.3 is 14.8 Å². The number of nitrogens with zero attached hydrogens (tertiary/aromatic N) is 3. The van der Waals surface area contributed by atoms with E-state index in [-0.39, 0.29) is 24.5 Å². The maximum absolute atomic E-state index is 13.8. The quantitative estimate of drug-likeness (QED) is 0.499. The summed E-state index contributed by atoms with van der Waals surface area (Å²) in [5, 5.41) is 12.2. The molecule has 0 saturated carbocycles. The number of benzene rings is 2. The number of carbonyl (C=O) groups is 1. The number of oxazole rings is 1. The Bertz CT molecular complexity index is 1170. The monoisotopic (exact) mass is 404 g/mol. The van der Waals surface area contributed by atoms with Crippen molar-refractivity contribution >= 4 is 11.6 Å². The topological polar surface area (TPSA) is 101 Å². The maximum atomic E-state index is 13.8. The molecule has 8 heteroatoms. The van der Waals surface area contributed by atoms with Crippen molar-refractivity contribution in [2.45, 2.75) is 12.8 Å². The van der Waals surface area contributed by atoms with E-state index in [9.17, 15) is 14.3 Å². The third-order valence-electron chi connectivity index (χ3n) is 4.30. The van der Waals surface area contributed by atoms with Crippen molar-refractivity contribution in [3.63, 3.8) is 0 Å². The van der Waals surface area contributed by atoms with Crippen LogP contribution in [0.1, 0.15) is 12.3 Å². The van der Waals surface area contributed by atoms with Gasteiger partial charge in [0.2, 0.25) is 5.91 Å². The fraction of sp³-hybridized carbons (Fsp3) is 0.0909. The van der Waals surface area contributed by atoms with Gasteiger partial charge in [0.25, 0.3) is 0 Å². The van der Waals surface area contributed by atoms with Crippen LogP contribution in [0.25, 0.3) is 22.7 Å². The van der Waals surface area contributed by atoms with Crippen molar-refractivity contribution in [2.75, 3.05) is 5.32 Å². The molecule has 1 amide bonds. The number of hydrogen-bond donors (Lipinski definition) is 2. The number of phenols is 1. The molecule has 150 valence electrons. The van der Waals surface area contributed by atoms with E-state index >= 15 is 0 Å². The highest BCUT2D eigenvalue weighted by atomic mass is 19.1. The average molecular weight is 404 g/mol. The van der Waals surface area contributed by atoms with Gasteiger partial charge in [-0.05, 0) is 24.3 Å². The summed E-state index contributed by atoms with van der Waals surface area (Å²) in [5.74, 6) is 0.572. The van der Waals surface area contributed by atoms with Crippen LogP contribution in [0.3, 0.4) is 0 Å². The molecule has 0 saturated heterocycles. The van der Waals surface area contributed by atoms with Crippen molar-refractivity contribution < 1.29 is 18.7 Å². The van der Waals surface area contributed by atoms with Gasteiger partial charge >= 0.3 is 0 Å². The molecule has 2 aromatic heterocycles. The summed E-state index contributed by atoms with van der Waals surface area (Å²) in [4.78, 5) is 24.7. The molecule has 2 N–H and O–H groups in total. The van der Waals surface area contributed by atoms with Gasteiger partial charge in [0, 0.05) is 18.4 Å². The molecule has 4 rings (SSSR count). The Morgan fingerprint density at radius 1 is 1.03 bits per heavy atom. The van der Waals surface area contributed by atoms with Crippen molar-refractivity contribution in [2.24, 2.45) is 0 Å². The molecule has 0 bridgehead atoms. The van der Waals surface area contributed by atoms with Crippen LogP contribution in [0.4, 0.5) is 10.1 Å². The molecule has 0 spiro atoms. The van der Waals surface area contributed by atoms with Crippen molar-refractivity contribution in [3.05, 3.63) is 78.8 Å². The molecule has 4 aromatic rings. The number of aromatic nitrogens is 3. The molecule has 0 fully saturated rings. The zero-order valence-corrected chi connectivity index (χ0v) is 15.7. The number of nitrogens with one attached hydrogen (secondary N) is 1. The van der Waals surface area contributed by atoms with Gasteiger partial charge in [0.1, 0.15) is 11.6 Å². The number of aromatic hydroxyl groups is 1. The van der Waals surface area contributed by atoms with Crippen LogP contribution in [-0.4, -0.2) is 26.0 Å². The van der Waals surface area contributed by atoms with E-state index < -0.39 is 5.82 Å². The molecule has 0 aliphatic carbocycles. The molecule has 0 atom stereocenters. The number of rotatable bonds is 6. The molecule has 0 radical (unpaired) electrons. The zero-order chi connectivity index (χ0) is 20.9. The Morgan fingerprint density at radius 2 is 1.83 bits per heavy atom. The van der Waals surface area contributed by atoms with Crippen LogP contribution in [0.5, 0.6) is 5.75 Å². The number of halogens is 1. The Hall–Kier alpha value is -4.07. The predicted octanol–water partition coefficient (Wildman–Crippen LogP) is 4.21. The van der Waals surface area contributed by atoms with E-state index in [0.29, 0.717) is 34.3 Å². The van der Waals surface area contributed by atoms with Crippen LogP contribution in [0.15, 0.2) is 71.5 Å². The standard InChI is InChI=1S/C22H17FN4O3/c23-18-7-2-1-6-17(18)19-13-24-21(30-19)9-8-20(29)27-15-11-25-22(26-12-15)14-4-3-5-16(28)10-14/h1-7,10-13,28H,8-9H2,(H,27,29). The summed E-state index contributed by atoms with van der Waals surface area (Å²) in [5.41, 5.74) is 1.44. The molecule has 2 heterocycles. The number of phenolic OH excluding ortho intramolecular Hbond substituents is 1. The fourth-order valence-corrected chi connectivity index (χ4v) is 2.84. The first-order chi connectivity index (χ1) is 14.6. The van der Waals surface area contributed by atoms with E-state index in [1.807, 2.05) is 0 Å². The first-order valence-corrected chi connectivity index (χ1v) is 9.19. The summed E-state index contributed by atoms with van der Waals surface area (Å²) in [6.45, 7) is 0. The molecular weight excluding hydrogens is 387 g/mol. The zero-order valence-electron chi connectivity index (χ0n) is 15.7. The maximum Gasteiger partial charge on any atom is 0.224 e. The Kier molecular flexibility index (Phi) is 5.47. The number of amides is 1. The summed E-state index contributed by atoms with van der Waals surface area (Å²) in [6.07, 6.45) is 4.82. The predicted molar refractivity (Wildman–Crippen MR) is 108 cm³/mol. The van der Waals surface area contributed by atoms with Gasteiger partial charge in [-0.25, -0.2) is 19.3 Å². The highest BCUT2D eigenvalue weighted by molar-refractivity contribution is 5.90. The number of hydrogen-bond acceptors (Lipinski definition) is 6. The van der Waals surface area contributed by atoms with E-state index in [1.165, 1.54) is 24.7 Å².